The number of nitrogens with zero attached hydrogens (tertiary/aromatic N) is 1. The molecule has 1 aliphatic heterocycles. The van der Waals surface area contributed by atoms with Crippen molar-refractivity contribution in [3.63, 3.8) is 0 Å². The van der Waals surface area contributed by atoms with Crippen LogP contribution in [0, 0.1) is 11.6 Å². The third-order valence-electron chi connectivity index (χ3n) is 4.32. The molecule has 110 valence electrons. The summed E-state index contributed by atoms with van der Waals surface area (Å²) in [5.74, 6) is -0.926. The summed E-state index contributed by atoms with van der Waals surface area (Å²) in [6, 6.07) is 5.02. The first-order valence-corrected chi connectivity index (χ1v) is 7.64. The Kier molecular flexibility index (Phi) is 4.32. The van der Waals surface area contributed by atoms with Crippen LogP contribution in [0.15, 0.2) is 18.2 Å². The van der Waals surface area contributed by atoms with E-state index in [1.807, 2.05) is 0 Å². The topological polar surface area (TPSA) is 15.3 Å². The molecule has 1 aromatic rings. The lowest BCUT2D eigenvalue weighted by Crippen LogP contribution is -2.44. The van der Waals surface area contributed by atoms with Gasteiger partial charge in [0.1, 0.15) is 11.6 Å². The molecule has 1 heterocycles. The standard InChI is InChI=1S/C16H22F2N2/c17-13-5-4-12(16(18)9-13)10-20(15-6-7-15)11-14-3-1-2-8-19-14/h4-5,9,14-15,19H,1-3,6-8,10-11H2. The van der Waals surface area contributed by atoms with Crippen LogP contribution in [-0.2, 0) is 6.54 Å². The van der Waals surface area contributed by atoms with Gasteiger partial charge in [0.2, 0.25) is 0 Å². The maximum Gasteiger partial charge on any atom is 0.130 e. The lowest BCUT2D eigenvalue weighted by Gasteiger charge is -2.30. The molecule has 1 saturated carbocycles. The number of nitrogens with one attached hydrogen (secondary N) is 1. The fourth-order valence-electron chi connectivity index (χ4n) is 3.01. The summed E-state index contributed by atoms with van der Waals surface area (Å²) in [6.07, 6.45) is 6.15. The van der Waals surface area contributed by atoms with Crippen molar-refractivity contribution in [2.75, 3.05) is 13.1 Å². The van der Waals surface area contributed by atoms with Crippen molar-refractivity contribution < 1.29 is 8.78 Å². The Morgan fingerprint density at radius 1 is 1.15 bits per heavy atom. The Morgan fingerprint density at radius 2 is 2.00 bits per heavy atom. The molecule has 0 bridgehead atoms. The SMILES string of the molecule is Fc1ccc(CN(CC2CCCCN2)C2CC2)c(F)c1. The van der Waals surface area contributed by atoms with E-state index in [9.17, 15) is 8.78 Å². The molecule has 2 aliphatic rings. The third kappa shape index (κ3) is 3.55. The highest BCUT2D eigenvalue weighted by molar-refractivity contribution is 5.18. The van der Waals surface area contributed by atoms with Crippen LogP contribution in [0.25, 0.3) is 0 Å². The van der Waals surface area contributed by atoms with E-state index in [0.29, 0.717) is 24.2 Å². The zero-order valence-corrected chi connectivity index (χ0v) is 11.7. The van der Waals surface area contributed by atoms with Crippen LogP contribution in [0.4, 0.5) is 8.78 Å². The molecular formula is C16H22F2N2. The molecule has 0 radical (unpaired) electrons. The van der Waals surface area contributed by atoms with Gasteiger partial charge in [-0.05, 0) is 38.3 Å². The summed E-state index contributed by atoms with van der Waals surface area (Å²) in [5, 5.41) is 3.55. The fourth-order valence-corrected chi connectivity index (χ4v) is 3.01. The van der Waals surface area contributed by atoms with Crippen LogP contribution >= 0.6 is 0 Å². The molecule has 2 fully saturated rings. The number of benzene rings is 1. The van der Waals surface area contributed by atoms with Crippen molar-refractivity contribution in [2.24, 2.45) is 0 Å². The van der Waals surface area contributed by atoms with E-state index in [-0.39, 0.29) is 0 Å². The van der Waals surface area contributed by atoms with Crippen LogP contribution in [0.3, 0.4) is 0 Å². The monoisotopic (exact) mass is 280 g/mol. The number of halogens is 2. The molecule has 20 heavy (non-hydrogen) atoms. The van der Waals surface area contributed by atoms with Crippen molar-refractivity contribution in [2.45, 2.75) is 50.7 Å². The van der Waals surface area contributed by atoms with Gasteiger partial charge < -0.3 is 5.32 Å². The summed E-state index contributed by atoms with van der Waals surface area (Å²) in [4.78, 5) is 2.36. The molecule has 4 heteroatoms. The zero-order valence-electron chi connectivity index (χ0n) is 11.7. The molecule has 1 N–H and O–H groups in total. The molecule has 1 saturated heterocycles. The Bertz CT molecular complexity index is 454. The second kappa shape index (κ2) is 6.19. The van der Waals surface area contributed by atoms with Gasteiger partial charge in [0.05, 0.1) is 0 Å². The van der Waals surface area contributed by atoms with Crippen molar-refractivity contribution in [3.05, 3.63) is 35.4 Å². The minimum absolute atomic E-state index is 0.424. The second-order valence-corrected chi connectivity index (χ2v) is 6.04. The van der Waals surface area contributed by atoms with E-state index >= 15 is 0 Å². The van der Waals surface area contributed by atoms with Crippen molar-refractivity contribution >= 4 is 0 Å². The summed E-state index contributed by atoms with van der Waals surface area (Å²) in [6.45, 7) is 2.66. The molecule has 0 amide bonds. The molecule has 0 spiro atoms. The van der Waals surface area contributed by atoms with Crippen LogP contribution in [0.1, 0.15) is 37.7 Å². The molecule has 1 aliphatic carbocycles. The first-order valence-electron chi connectivity index (χ1n) is 7.64. The molecule has 0 aromatic heterocycles. The van der Waals surface area contributed by atoms with E-state index in [2.05, 4.69) is 10.2 Å². The first-order chi connectivity index (χ1) is 9.72. The van der Waals surface area contributed by atoms with Gasteiger partial charge in [-0.1, -0.05) is 12.5 Å². The normalized spacial score (nSPS) is 23.2. The first kappa shape index (κ1) is 14.0. The molecule has 1 aromatic carbocycles. The Hall–Kier alpha value is -1.00. The van der Waals surface area contributed by atoms with Gasteiger partial charge in [-0.25, -0.2) is 8.78 Å². The van der Waals surface area contributed by atoms with Gasteiger partial charge in [-0.15, -0.1) is 0 Å². The summed E-state index contributed by atoms with van der Waals surface area (Å²) >= 11 is 0. The van der Waals surface area contributed by atoms with Crippen molar-refractivity contribution in [1.82, 2.24) is 10.2 Å². The lowest BCUT2D eigenvalue weighted by atomic mass is 10.0. The largest absolute Gasteiger partial charge is 0.313 e. The van der Waals surface area contributed by atoms with E-state index in [4.69, 9.17) is 0 Å². The van der Waals surface area contributed by atoms with Gasteiger partial charge in [-0.2, -0.15) is 0 Å². The molecular weight excluding hydrogens is 258 g/mol. The molecule has 2 nitrogen and oxygen atoms in total. The van der Waals surface area contributed by atoms with Crippen molar-refractivity contribution in [1.29, 1.82) is 0 Å². The average Bonchev–Trinajstić information content (AvgIpc) is 3.26. The van der Waals surface area contributed by atoms with Gasteiger partial charge >= 0.3 is 0 Å². The lowest BCUT2D eigenvalue weighted by molar-refractivity contribution is 0.206. The minimum atomic E-state index is -0.502. The smallest absolute Gasteiger partial charge is 0.130 e. The van der Waals surface area contributed by atoms with Gasteiger partial charge in [0, 0.05) is 36.8 Å². The van der Waals surface area contributed by atoms with E-state index < -0.39 is 11.6 Å². The highest BCUT2D eigenvalue weighted by atomic mass is 19.1. The number of hydrogen-bond acceptors (Lipinski definition) is 2. The Balaban J connectivity index is 1.64. The van der Waals surface area contributed by atoms with Gasteiger partial charge in [0.15, 0.2) is 0 Å². The zero-order chi connectivity index (χ0) is 13.9. The van der Waals surface area contributed by atoms with Gasteiger partial charge in [-0.3, -0.25) is 4.90 Å². The van der Waals surface area contributed by atoms with Crippen LogP contribution in [-0.4, -0.2) is 30.1 Å². The Labute approximate surface area is 119 Å². The molecule has 1 atom stereocenters. The van der Waals surface area contributed by atoms with E-state index in [1.165, 1.54) is 38.2 Å². The molecule has 1 unspecified atom stereocenters. The highest BCUT2D eigenvalue weighted by Gasteiger charge is 2.31. The summed E-state index contributed by atoms with van der Waals surface area (Å²) < 4.78 is 26.8. The van der Waals surface area contributed by atoms with Crippen molar-refractivity contribution in [3.8, 4) is 0 Å². The maximum absolute atomic E-state index is 13.8. The second-order valence-electron chi connectivity index (χ2n) is 6.04. The predicted octanol–water partition coefficient (Wildman–Crippen LogP) is 3.07. The maximum atomic E-state index is 13.8. The highest BCUT2D eigenvalue weighted by Crippen LogP contribution is 2.29. The summed E-state index contributed by atoms with van der Waals surface area (Å²) in [7, 11) is 0. The fraction of sp³-hybridized carbons (Fsp3) is 0.625. The van der Waals surface area contributed by atoms with Crippen LogP contribution in [0.2, 0.25) is 0 Å². The number of rotatable bonds is 5. The van der Waals surface area contributed by atoms with E-state index in [0.717, 1.165) is 19.2 Å². The minimum Gasteiger partial charge on any atom is -0.313 e. The number of hydrogen-bond donors (Lipinski definition) is 1. The van der Waals surface area contributed by atoms with Gasteiger partial charge in [0.25, 0.3) is 0 Å². The predicted molar refractivity (Wildman–Crippen MR) is 75.4 cm³/mol. The average molecular weight is 280 g/mol. The number of piperidine rings is 1. The third-order valence-corrected chi connectivity index (χ3v) is 4.32. The Morgan fingerprint density at radius 3 is 2.65 bits per heavy atom. The quantitative estimate of drug-likeness (QED) is 0.891. The van der Waals surface area contributed by atoms with Crippen LogP contribution in [0.5, 0.6) is 0 Å². The summed E-state index contributed by atoms with van der Waals surface area (Å²) in [5.41, 5.74) is 0.606. The van der Waals surface area contributed by atoms with E-state index in [1.54, 1.807) is 6.07 Å². The van der Waals surface area contributed by atoms with Crippen LogP contribution < -0.4 is 5.32 Å². The molecule has 3 rings (SSSR count).